The van der Waals surface area contributed by atoms with Gasteiger partial charge in [-0.05, 0) is 49.9 Å². The Hall–Kier alpha value is -2.73. The molecule has 1 aliphatic heterocycles. The third-order valence-corrected chi connectivity index (χ3v) is 5.08. The molecule has 1 aromatic heterocycles. The Morgan fingerprint density at radius 2 is 2.04 bits per heavy atom. The lowest BCUT2D eigenvalue weighted by Crippen LogP contribution is -2.43. The topological polar surface area (TPSA) is 80.3 Å². The highest BCUT2D eigenvalue weighted by Gasteiger charge is 2.24. The molecule has 1 aliphatic rings. The summed E-state index contributed by atoms with van der Waals surface area (Å²) in [6, 6.07) is 11.3. The van der Waals surface area contributed by atoms with Gasteiger partial charge in [-0.2, -0.15) is 0 Å². The predicted octanol–water partition coefficient (Wildman–Crippen LogP) is 3.64. The van der Waals surface area contributed by atoms with Crippen LogP contribution in [0.25, 0.3) is 0 Å². The highest BCUT2D eigenvalue weighted by atomic mass is 16.5. The molecular formula is C22H27N3O3. The Kier molecular flexibility index (Phi) is 6.09. The van der Waals surface area contributed by atoms with Crippen molar-refractivity contribution in [3.8, 4) is 0 Å². The molecule has 2 N–H and O–H groups in total. The first-order valence-electron chi connectivity index (χ1n) is 9.66. The molecule has 0 saturated carbocycles. The summed E-state index contributed by atoms with van der Waals surface area (Å²) in [5.74, 6) is -0.416. The van der Waals surface area contributed by atoms with E-state index in [0.717, 1.165) is 18.4 Å². The first kappa shape index (κ1) is 20.0. The highest BCUT2D eigenvalue weighted by Crippen LogP contribution is 2.29. The van der Waals surface area contributed by atoms with Crippen molar-refractivity contribution in [3.63, 3.8) is 0 Å². The molecule has 0 radical (unpaired) electrons. The van der Waals surface area contributed by atoms with Crippen molar-refractivity contribution in [2.75, 3.05) is 11.9 Å². The fourth-order valence-electron chi connectivity index (χ4n) is 3.12. The van der Waals surface area contributed by atoms with Crippen molar-refractivity contribution in [1.29, 1.82) is 0 Å². The lowest BCUT2D eigenvalue weighted by atomic mass is 9.95. The predicted molar refractivity (Wildman–Crippen MR) is 108 cm³/mol. The van der Waals surface area contributed by atoms with Gasteiger partial charge in [0, 0.05) is 17.4 Å². The van der Waals surface area contributed by atoms with E-state index in [-0.39, 0.29) is 35.6 Å². The summed E-state index contributed by atoms with van der Waals surface area (Å²) >= 11 is 0. The Labute approximate surface area is 165 Å². The number of hydrogen-bond acceptors (Lipinski definition) is 4. The number of anilines is 1. The number of amides is 2. The molecule has 1 atom stereocenters. The summed E-state index contributed by atoms with van der Waals surface area (Å²) in [5, 5.41) is 5.80. The van der Waals surface area contributed by atoms with Gasteiger partial charge in [-0.25, -0.2) is 0 Å². The first-order valence-corrected chi connectivity index (χ1v) is 9.66. The van der Waals surface area contributed by atoms with Crippen LogP contribution in [0.4, 0.5) is 5.69 Å². The van der Waals surface area contributed by atoms with Gasteiger partial charge >= 0.3 is 0 Å². The maximum absolute atomic E-state index is 12.5. The molecule has 0 bridgehead atoms. The number of hydrogen-bond donors (Lipinski definition) is 2. The van der Waals surface area contributed by atoms with Crippen LogP contribution in [-0.4, -0.2) is 28.9 Å². The van der Waals surface area contributed by atoms with E-state index < -0.39 is 0 Å². The minimum absolute atomic E-state index is 0.159. The van der Waals surface area contributed by atoms with Crippen molar-refractivity contribution < 1.29 is 14.3 Å². The SMILES string of the molecule is CCC(C)(C)NC(=O)c1cc(NC(=O)CC2OCCc3ccccc32)ccn1. The Balaban J connectivity index is 1.65. The summed E-state index contributed by atoms with van der Waals surface area (Å²) in [4.78, 5) is 29.1. The molecule has 148 valence electrons. The van der Waals surface area contributed by atoms with Crippen LogP contribution in [0, 0.1) is 0 Å². The van der Waals surface area contributed by atoms with E-state index in [4.69, 9.17) is 4.74 Å². The van der Waals surface area contributed by atoms with Gasteiger partial charge in [-0.15, -0.1) is 0 Å². The highest BCUT2D eigenvalue weighted by molar-refractivity contribution is 5.96. The molecule has 2 aromatic rings. The van der Waals surface area contributed by atoms with E-state index in [1.54, 1.807) is 12.1 Å². The molecule has 6 heteroatoms. The minimum atomic E-state index is -0.316. The quantitative estimate of drug-likeness (QED) is 0.800. The molecule has 2 amide bonds. The summed E-state index contributed by atoms with van der Waals surface area (Å²) < 4.78 is 5.80. The Morgan fingerprint density at radius 3 is 2.82 bits per heavy atom. The molecule has 3 rings (SSSR count). The molecule has 1 unspecified atom stereocenters. The zero-order valence-electron chi connectivity index (χ0n) is 16.6. The molecule has 6 nitrogen and oxygen atoms in total. The summed E-state index contributed by atoms with van der Waals surface area (Å²) in [6.07, 6.45) is 3.17. The maximum atomic E-state index is 12.5. The van der Waals surface area contributed by atoms with Gasteiger partial charge in [0.25, 0.3) is 5.91 Å². The van der Waals surface area contributed by atoms with Gasteiger partial charge in [-0.3, -0.25) is 14.6 Å². The van der Waals surface area contributed by atoms with Gasteiger partial charge in [-0.1, -0.05) is 31.2 Å². The van der Waals surface area contributed by atoms with Crippen LogP contribution < -0.4 is 10.6 Å². The maximum Gasteiger partial charge on any atom is 0.270 e. The fourth-order valence-corrected chi connectivity index (χ4v) is 3.12. The van der Waals surface area contributed by atoms with E-state index in [2.05, 4.69) is 21.7 Å². The van der Waals surface area contributed by atoms with Crippen molar-refractivity contribution in [2.45, 2.75) is 51.7 Å². The number of nitrogens with zero attached hydrogens (tertiary/aromatic N) is 1. The largest absolute Gasteiger partial charge is 0.373 e. The number of carbonyl (C=O) groups excluding carboxylic acids is 2. The first-order chi connectivity index (χ1) is 13.4. The average molecular weight is 381 g/mol. The summed E-state index contributed by atoms with van der Waals surface area (Å²) in [5.41, 5.74) is 2.81. The minimum Gasteiger partial charge on any atom is -0.373 e. The van der Waals surface area contributed by atoms with Gasteiger partial charge < -0.3 is 15.4 Å². The van der Waals surface area contributed by atoms with Crippen molar-refractivity contribution in [2.24, 2.45) is 0 Å². The average Bonchev–Trinajstić information content (AvgIpc) is 2.68. The smallest absolute Gasteiger partial charge is 0.270 e. The van der Waals surface area contributed by atoms with Crippen LogP contribution >= 0.6 is 0 Å². The number of aromatic nitrogens is 1. The third kappa shape index (κ3) is 4.95. The van der Waals surface area contributed by atoms with Crippen molar-refractivity contribution >= 4 is 17.5 Å². The molecule has 0 spiro atoms. The van der Waals surface area contributed by atoms with Gasteiger partial charge in [0.2, 0.25) is 5.91 Å². The third-order valence-electron chi connectivity index (χ3n) is 5.08. The van der Waals surface area contributed by atoms with E-state index in [9.17, 15) is 9.59 Å². The van der Waals surface area contributed by atoms with Gasteiger partial charge in [0.05, 0.1) is 19.1 Å². The van der Waals surface area contributed by atoms with Crippen LogP contribution in [0.2, 0.25) is 0 Å². The Bertz CT molecular complexity index is 864. The number of rotatable bonds is 6. The number of benzene rings is 1. The normalized spacial score (nSPS) is 16.2. The second kappa shape index (κ2) is 8.52. The molecule has 1 aromatic carbocycles. The second-order valence-corrected chi connectivity index (χ2v) is 7.68. The fraction of sp³-hybridized carbons (Fsp3) is 0.409. The van der Waals surface area contributed by atoms with E-state index in [0.29, 0.717) is 12.3 Å². The van der Waals surface area contributed by atoms with Crippen LogP contribution in [0.5, 0.6) is 0 Å². The van der Waals surface area contributed by atoms with E-state index in [1.165, 1.54) is 11.8 Å². The lowest BCUT2D eigenvalue weighted by Gasteiger charge is -2.25. The zero-order valence-corrected chi connectivity index (χ0v) is 16.6. The van der Waals surface area contributed by atoms with E-state index in [1.807, 2.05) is 39.0 Å². The number of ether oxygens (including phenoxy) is 1. The summed E-state index contributed by atoms with van der Waals surface area (Å²) in [7, 11) is 0. The molecule has 0 fully saturated rings. The molecule has 0 aliphatic carbocycles. The Morgan fingerprint density at radius 1 is 1.25 bits per heavy atom. The van der Waals surface area contributed by atoms with Crippen LogP contribution in [0.3, 0.4) is 0 Å². The van der Waals surface area contributed by atoms with Crippen LogP contribution in [0.15, 0.2) is 42.6 Å². The van der Waals surface area contributed by atoms with Crippen molar-refractivity contribution in [3.05, 3.63) is 59.4 Å². The molecule has 2 heterocycles. The second-order valence-electron chi connectivity index (χ2n) is 7.68. The molecular weight excluding hydrogens is 354 g/mol. The van der Waals surface area contributed by atoms with E-state index >= 15 is 0 Å². The molecule has 28 heavy (non-hydrogen) atoms. The molecule has 0 saturated heterocycles. The zero-order chi connectivity index (χ0) is 20.1. The van der Waals surface area contributed by atoms with Crippen LogP contribution in [0.1, 0.15) is 61.3 Å². The number of carbonyl (C=O) groups is 2. The lowest BCUT2D eigenvalue weighted by molar-refractivity contribution is -0.119. The van der Waals surface area contributed by atoms with Crippen LogP contribution in [-0.2, 0) is 16.0 Å². The monoisotopic (exact) mass is 381 g/mol. The summed E-state index contributed by atoms with van der Waals surface area (Å²) in [6.45, 7) is 6.54. The number of pyridine rings is 1. The van der Waals surface area contributed by atoms with Gasteiger partial charge in [0.15, 0.2) is 0 Å². The number of nitrogens with one attached hydrogen (secondary N) is 2. The van der Waals surface area contributed by atoms with Crippen molar-refractivity contribution in [1.82, 2.24) is 10.3 Å². The standard InChI is InChI=1S/C22H27N3O3/c1-4-22(2,3)25-21(27)18-13-16(9-11-23-18)24-20(26)14-19-17-8-6-5-7-15(17)10-12-28-19/h5-9,11,13,19H,4,10,12,14H2,1-3H3,(H,25,27)(H,23,24,26). The number of fused-ring (bicyclic) bond motifs is 1. The van der Waals surface area contributed by atoms with Gasteiger partial charge in [0.1, 0.15) is 5.69 Å².